The average Bonchev–Trinajstić information content (AvgIpc) is 2.59. The van der Waals surface area contributed by atoms with Gasteiger partial charge < -0.3 is 5.73 Å². The van der Waals surface area contributed by atoms with Crippen LogP contribution in [0.1, 0.15) is 78.9 Å². The first kappa shape index (κ1) is 11.7. The molecule has 2 nitrogen and oxygen atoms in total. The second-order valence-electron chi connectivity index (χ2n) is 5.55. The summed E-state index contributed by atoms with van der Waals surface area (Å²) in [7, 11) is 0. The third-order valence-electron chi connectivity index (χ3n) is 4.21. The third kappa shape index (κ3) is 2.41. The van der Waals surface area contributed by atoms with Gasteiger partial charge in [-0.3, -0.25) is 0 Å². The third-order valence-corrected chi connectivity index (χ3v) is 5.61. The lowest BCUT2D eigenvalue weighted by Crippen LogP contribution is -2.15. The Morgan fingerprint density at radius 1 is 1.00 bits per heavy atom. The maximum atomic E-state index is 6.19. The van der Waals surface area contributed by atoms with E-state index in [2.05, 4.69) is 0 Å². The lowest BCUT2D eigenvalue weighted by molar-refractivity contribution is 0.565. The minimum absolute atomic E-state index is 0.274. The van der Waals surface area contributed by atoms with Crippen LogP contribution < -0.4 is 5.73 Å². The van der Waals surface area contributed by atoms with Crippen LogP contribution in [0.5, 0.6) is 0 Å². The number of hydrogen-bond acceptors (Lipinski definition) is 3. The summed E-state index contributed by atoms with van der Waals surface area (Å²) in [6.45, 7) is 0. The summed E-state index contributed by atoms with van der Waals surface area (Å²) < 4.78 is 0. The van der Waals surface area contributed by atoms with Crippen molar-refractivity contribution in [2.45, 2.75) is 69.7 Å². The first-order valence-corrected chi connectivity index (χ1v) is 7.91. The zero-order chi connectivity index (χ0) is 11.7. The van der Waals surface area contributed by atoms with Crippen molar-refractivity contribution in [3.8, 4) is 0 Å². The van der Waals surface area contributed by atoms with E-state index in [4.69, 9.17) is 10.7 Å². The number of aromatic nitrogens is 1. The smallest absolute Gasteiger partial charge is 0.0962 e. The SMILES string of the molecule is NC1CCCc2nc(C3CCCCCC3)sc21. The summed E-state index contributed by atoms with van der Waals surface area (Å²) in [5.74, 6) is 0.736. The van der Waals surface area contributed by atoms with Crippen molar-refractivity contribution in [2.75, 3.05) is 0 Å². The van der Waals surface area contributed by atoms with Crippen molar-refractivity contribution in [1.29, 1.82) is 0 Å². The van der Waals surface area contributed by atoms with Gasteiger partial charge in [0.2, 0.25) is 0 Å². The van der Waals surface area contributed by atoms with Crippen LogP contribution in [0.3, 0.4) is 0 Å². The van der Waals surface area contributed by atoms with E-state index in [1.165, 1.54) is 60.5 Å². The number of thiazole rings is 1. The van der Waals surface area contributed by atoms with Crippen LogP contribution in [0.2, 0.25) is 0 Å². The van der Waals surface area contributed by atoms with Crippen molar-refractivity contribution in [2.24, 2.45) is 5.73 Å². The van der Waals surface area contributed by atoms with Crippen molar-refractivity contribution >= 4 is 11.3 Å². The normalized spacial score (nSPS) is 26.5. The zero-order valence-corrected chi connectivity index (χ0v) is 11.3. The van der Waals surface area contributed by atoms with E-state index in [1.807, 2.05) is 11.3 Å². The van der Waals surface area contributed by atoms with Gasteiger partial charge in [0.25, 0.3) is 0 Å². The summed E-state index contributed by atoms with van der Waals surface area (Å²) in [5.41, 5.74) is 7.52. The Morgan fingerprint density at radius 2 is 1.76 bits per heavy atom. The molecule has 3 rings (SSSR count). The van der Waals surface area contributed by atoms with Crippen LogP contribution in [0.4, 0.5) is 0 Å². The van der Waals surface area contributed by atoms with E-state index in [0.29, 0.717) is 0 Å². The van der Waals surface area contributed by atoms with Gasteiger partial charge in [0.1, 0.15) is 0 Å². The van der Waals surface area contributed by atoms with Crippen LogP contribution >= 0.6 is 11.3 Å². The van der Waals surface area contributed by atoms with Crippen LogP contribution in [0.25, 0.3) is 0 Å². The summed E-state index contributed by atoms with van der Waals surface area (Å²) >= 11 is 1.92. The molecule has 1 atom stereocenters. The number of fused-ring (bicyclic) bond motifs is 1. The van der Waals surface area contributed by atoms with E-state index in [1.54, 1.807) is 0 Å². The van der Waals surface area contributed by atoms with E-state index in [-0.39, 0.29) is 6.04 Å². The molecule has 0 bridgehead atoms. The molecule has 0 spiro atoms. The summed E-state index contributed by atoms with van der Waals surface area (Å²) in [5, 5.41) is 1.40. The Hall–Kier alpha value is -0.410. The average molecular weight is 250 g/mol. The van der Waals surface area contributed by atoms with E-state index < -0.39 is 0 Å². The molecule has 0 aliphatic heterocycles. The molecule has 3 heteroatoms. The first-order valence-electron chi connectivity index (χ1n) is 7.09. The number of aryl methyl sites for hydroxylation is 1. The monoisotopic (exact) mass is 250 g/mol. The van der Waals surface area contributed by atoms with Gasteiger partial charge in [-0.25, -0.2) is 4.98 Å². The molecule has 1 aromatic heterocycles. The number of rotatable bonds is 1. The van der Waals surface area contributed by atoms with Gasteiger partial charge >= 0.3 is 0 Å². The van der Waals surface area contributed by atoms with E-state index in [9.17, 15) is 0 Å². The van der Waals surface area contributed by atoms with Crippen molar-refractivity contribution in [3.05, 3.63) is 15.6 Å². The minimum Gasteiger partial charge on any atom is -0.323 e. The molecule has 2 aliphatic rings. The van der Waals surface area contributed by atoms with Crippen molar-refractivity contribution < 1.29 is 0 Å². The molecule has 0 saturated heterocycles. The van der Waals surface area contributed by atoms with Gasteiger partial charge in [0.15, 0.2) is 0 Å². The highest BCUT2D eigenvalue weighted by molar-refractivity contribution is 7.12. The second-order valence-corrected chi connectivity index (χ2v) is 6.61. The molecule has 0 radical (unpaired) electrons. The molecule has 0 aromatic carbocycles. The molecule has 94 valence electrons. The van der Waals surface area contributed by atoms with Gasteiger partial charge in [0, 0.05) is 16.8 Å². The number of nitrogens with two attached hydrogens (primary N) is 1. The Balaban J connectivity index is 1.83. The minimum atomic E-state index is 0.274. The summed E-state index contributed by atoms with van der Waals surface area (Å²) in [4.78, 5) is 6.30. The first-order chi connectivity index (χ1) is 8.34. The summed E-state index contributed by atoms with van der Waals surface area (Å²) in [6, 6.07) is 0.274. The van der Waals surface area contributed by atoms with E-state index in [0.717, 1.165) is 18.8 Å². The zero-order valence-electron chi connectivity index (χ0n) is 10.5. The van der Waals surface area contributed by atoms with E-state index >= 15 is 0 Å². The molecule has 1 unspecified atom stereocenters. The standard InChI is InChI=1S/C14H22N2S/c15-11-8-5-9-12-13(11)17-14(16-12)10-6-3-1-2-4-7-10/h10-11H,1-9,15H2. The lowest BCUT2D eigenvalue weighted by atomic mass is 9.98. The Labute approximate surface area is 108 Å². The van der Waals surface area contributed by atoms with Gasteiger partial charge in [-0.2, -0.15) is 0 Å². The fourth-order valence-electron chi connectivity index (χ4n) is 3.17. The van der Waals surface area contributed by atoms with Crippen LogP contribution in [-0.4, -0.2) is 4.98 Å². The molecule has 2 aliphatic carbocycles. The largest absolute Gasteiger partial charge is 0.323 e. The van der Waals surface area contributed by atoms with Gasteiger partial charge in [-0.15, -0.1) is 11.3 Å². The predicted octanol–water partition coefficient (Wildman–Crippen LogP) is 3.92. The quantitative estimate of drug-likeness (QED) is 0.767. The van der Waals surface area contributed by atoms with Crippen LogP contribution in [0, 0.1) is 0 Å². The molecule has 1 fully saturated rings. The highest BCUT2D eigenvalue weighted by atomic mass is 32.1. The Kier molecular flexibility index (Phi) is 3.48. The fourth-order valence-corrected chi connectivity index (χ4v) is 4.49. The Morgan fingerprint density at radius 3 is 2.47 bits per heavy atom. The molecular weight excluding hydrogens is 228 g/mol. The van der Waals surface area contributed by atoms with Crippen LogP contribution in [-0.2, 0) is 6.42 Å². The van der Waals surface area contributed by atoms with Gasteiger partial charge in [-0.05, 0) is 32.1 Å². The Bertz CT molecular complexity index is 378. The maximum Gasteiger partial charge on any atom is 0.0962 e. The highest BCUT2D eigenvalue weighted by Gasteiger charge is 2.25. The molecule has 1 heterocycles. The molecule has 0 amide bonds. The topological polar surface area (TPSA) is 38.9 Å². The molecule has 17 heavy (non-hydrogen) atoms. The number of hydrogen-bond donors (Lipinski definition) is 1. The lowest BCUT2D eigenvalue weighted by Gasteiger charge is -2.15. The maximum absolute atomic E-state index is 6.19. The van der Waals surface area contributed by atoms with Crippen molar-refractivity contribution in [1.82, 2.24) is 4.98 Å². The molecular formula is C14H22N2S. The predicted molar refractivity (Wildman–Crippen MR) is 72.4 cm³/mol. The van der Waals surface area contributed by atoms with Gasteiger partial charge in [-0.1, -0.05) is 25.7 Å². The fraction of sp³-hybridized carbons (Fsp3) is 0.786. The number of nitrogens with zero attached hydrogens (tertiary/aromatic N) is 1. The highest BCUT2D eigenvalue weighted by Crippen LogP contribution is 2.39. The summed E-state index contributed by atoms with van der Waals surface area (Å²) in [6.07, 6.45) is 11.8. The molecule has 2 N–H and O–H groups in total. The van der Waals surface area contributed by atoms with Crippen LogP contribution in [0.15, 0.2) is 0 Å². The van der Waals surface area contributed by atoms with Crippen molar-refractivity contribution in [3.63, 3.8) is 0 Å². The second kappa shape index (κ2) is 5.07. The molecule has 1 aromatic rings. The van der Waals surface area contributed by atoms with Gasteiger partial charge in [0.05, 0.1) is 10.7 Å². The molecule has 1 saturated carbocycles.